The summed E-state index contributed by atoms with van der Waals surface area (Å²) in [4.78, 5) is 11.7. The molecule has 4 atom stereocenters. The first kappa shape index (κ1) is 24.3. The number of alkyl halides is 4. The predicted molar refractivity (Wildman–Crippen MR) is 81.8 cm³/mol. The van der Waals surface area contributed by atoms with Crippen molar-refractivity contribution in [2.45, 2.75) is 68.1 Å². The summed E-state index contributed by atoms with van der Waals surface area (Å²) in [5, 5.41) is 4.80. The molecular weight excluding hydrogens is 419 g/mol. The minimum atomic E-state index is -6.57. The van der Waals surface area contributed by atoms with Gasteiger partial charge in [0.25, 0.3) is 0 Å². The summed E-state index contributed by atoms with van der Waals surface area (Å²) in [6.45, 7) is -0.0943. The monoisotopic (exact) mass is 440 g/mol. The van der Waals surface area contributed by atoms with Crippen LogP contribution in [0.15, 0.2) is 0 Å². The van der Waals surface area contributed by atoms with E-state index in [4.69, 9.17) is 4.74 Å². The summed E-state index contributed by atoms with van der Waals surface area (Å²) in [7, 11) is -6.57. The van der Waals surface area contributed by atoms with Crippen LogP contribution in [0.3, 0.4) is 0 Å². The van der Waals surface area contributed by atoms with E-state index < -0.39 is 51.1 Å². The van der Waals surface area contributed by atoms with E-state index in [1.54, 1.807) is 0 Å². The molecule has 28 heavy (non-hydrogen) atoms. The van der Waals surface area contributed by atoms with Crippen molar-refractivity contribution in [2.75, 3.05) is 6.61 Å². The zero-order chi connectivity index (χ0) is 20.3. The number of esters is 1. The molecule has 0 spiro atoms. The van der Waals surface area contributed by atoms with E-state index in [9.17, 15) is 40.4 Å². The summed E-state index contributed by atoms with van der Waals surface area (Å²) >= 11 is 0. The molecule has 2 unspecified atom stereocenters. The second kappa shape index (κ2) is 7.64. The molecule has 12 heteroatoms. The molecule has 4 bridgehead atoms. The number of carbonyl (C=O) groups excluding carboxylic acids is 1. The van der Waals surface area contributed by atoms with Crippen molar-refractivity contribution in [3.05, 3.63) is 0 Å². The molecule has 4 rings (SSSR count). The first-order valence-corrected chi connectivity index (χ1v) is 10.2. The quantitative estimate of drug-likeness (QED) is 0.246. The van der Waals surface area contributed by atoms with E-state index in [1.807, 2.05) is 0 Å². The van der Waals surface area contributed by atoms with Crippen LogP contribution in [0, 0.1) is 17.3 Å². The third-order valence-electron chi connectivity index (χ3n) is 6.07. The number of carbonyl (C=O) groups is 1. The third-order valence-corrected chi connectivity index (χ3v) is 7.00. The number of hydrogen-bond acceptors (Lipinski definition) is 6. The van der Waals surface area contributed by atoms with Gasteiger partial charge in [-0.1, -0.05) is 0 Å². The summed E-state index contributed by atoms with van der Waals surface area (Å²) in [6.07, 6.45) is 1.39. The Morgan fingerprint density at radius 3 is 2.14 bits per heavy atom. The number of hydrogen-bond donors (Lipinski definition) is 1. The molecule has 0 aromatic rings. The molecule has 0 aromatic heterocycles. The van der Waals surface area contributed by atoms with Crippen molar-refractivity contribution >= 4 is 16.1 Å². The molecule has 156 valence electrons. The standard InChI is InChI=1S/C16H22F4O6S.Na/c17-15(18,16(19,20)27(23,24)25)2-1-12(21)26-9-13-4-10-3-11(5-13)7-14(22,6-10)8-13;/h10-11,22H,1-9H2,(H,23,24,25);/q;+1/p-1/t10-,11+,13?,14?;. The van der Waals surface area contributed by atoms with Crippen molar-refractivity contribution in [1.82, 2.24) is 0 Å². The summed E-state index contributed by atoms with van der Waals surface area (Å²) in [6, 6.07) is 0. The summed E-state index contributed by atoms with van der Waals surface area (Å²) < 4.78 is 88.9. The predicted octanol–water partition coefficient (Wildman–Crippen LogP) is -0.582. The molecule has 0 amide bonds. The van der Waals surface area contributed by atoms with Gasteiger partial charge in [0.2, 0.25) is 0 Å². The van der Waals surface area contributed by atoms with Crippen LogP contribution < -0.4 is 29.6 Å². The van der Waals surface area contributed by atoms with Crippen LogP contribution in [0.5, 0.6) is 0 Å². The number of aliphatic hydroxyl groups is 1. The van der Waals surface area contributed by atoms with Gasteiger partial charge < -0.3 is 14.4 Å². The fourth-order valence-electron chi connectivity index (χ4n) is 5.46. The molecule has 1 N–H and O–H groups in total. The van der Waals surface area contributed by atoms with Crippen LogP contribution in [-0.2, 0) is 19.6 Å². The largest absolute Gasteiger partial charge is 1.00 e. The van der Waals surface area contributed by atoms with Gasteiger partial charge in [-0.25, -0.2) is 8.42 Å². The Kier molecular flexibility index (Phi) is 6.63. The third kappa shape index (κ3) is 4.54. The van der Waals surface area contributed by atoms with E-state index in [2.05, 4.69) is 0 Å². The van der Waals surface area contributed by atoms with Crippen LogP contribution in [0.4, 0.5) is 17.6 Å². The number of halogens is 4. The van der Waals surface area contributed by atoms with Gasteiger partial charge in [-0.3, -0.25) is 4.79 Å². The van der Waals surface area contributed by atoms with E-state index >= 15 is 0 Å². The van der Waals surface area contributed by atoms with Crippen LogP contribution >= 0.6 is 0 Å². The molecule has 0 radical (unpaired) electrons. The second-order valence-corrected chi connectivity index (χ2v) is 9.94. The minimum Gasteiger partial charge on any atom is -0.743 e. The maximum Gasteiger partial charge on any atom is 1.00 e. The molecule has 0 heterocycles. The Hall–Kier alpha value is 0.0600. The fourth-order valence-corrected chi connectivity index (χ4v) is 5.93. The minimum absolute atomic E-state index is 0. The molecule has 4 aliphatic carbocycles. The van der Waals surface area contributed by atoms with Gasteiger partial charge in [-0.2, -0.15) is 17.6 Å². The molecule has 4 fully saturated rings. The van der Waals surface area contributed by atoms with Crippen LogP contribution in [0.2, 0.25) is 0 Å². The van der Waals surface area contributed by atoms with E-state index in [0.29, 0.717) is 31.1 Å². The van der Waals surface area contributed by atoms with E-state index in [0.717, 1.165) is 19.3 Å². The second-order valence-electron chi connectivity index (χ2n) is 8.52. The molecule has 4 aliphatic rings. The number of rotatable bonds is 7. The van der Waals surface area contributed by atoms with E-state index in [-0.39, 0.29) is 36.2 Å². The van der Waals surface area contributed by atoms with Crippen LogP contribution in [0.25, 0.3) is 0 Å². The van der Waals surface area contributed by atoms with E-state index in [1.165, 1.54) is 0 Å². The van der Waals surface area contributed by atoms with Gasteiger partial charge in [0.1, 0.15) is 0 Å². The first-order chi connectivity index (χ1) is 12.2. The maximum atomic E-state index is 13.4. The van der Waals surface area contributed by atoms with Crippen molar-refractivity contribution in [2.24, 2.45) is 17.3 Å². The summed E-state index contributed by atoms with van der Waals surface area (Å²) in [5.74, 6) is -5.71. The van der Waals surface area contributed by atoms with Crippen molar-refractivity contribution < 1.29 is 74.7 Å². The van der Waals surface area contributed by atoms with Gasteiger partial charge in [0.05, 0.1) is 18.6 Å². The SMILES string of the molecule is O=C(CCC(F)(F)C(F)(F)S(=O)(=O)[O-])OCC12C[C@@H]3C[C@@H](CC(O)(C3)C1)C2.[Na+]. The summed E-state index contributed by atoms with van der Waals surface area (Å²) in [5.41, 5.74) is -1.23. The normalized spacial score (nSPS) is 34.8. The smallest absolute Gasteiger partial charge is 0.743 e. The average Bonchev–Trinajstić information content (AvgIpc) is 2.47. The van der Waals surface area contributed by atoms with Crippen molar-refractivity contribution in [3.63, 3.8) is 0 Å². The Bertz CT molecular complexity index is 715. The van der Waals surface area contributed by atoms with Crippen molar-refractivity contribution in [3.8, 4) is 0 Å². The fraction of sp³-hybridized carbons (Fsp3) is 0.938. The van der Waals surface area contributed by atoms with Crippen LogP contribution in [0.1, 0.15) is 51.4 Å². The molecule has 0 saturated heterocycles. The number of ether oxygens (including phenoxy) is 1. The zero-order valence-corrected chi connectivity index (χ0v) is 18.2. The average molecular weight is 440 g/mol. The Labute approximate surface area is 182 Å². The Morgan fingerprint density at radius 1 is 1.14 bits per heavy atom. The molecule has 6 nitrogen and oxygen atoms in total. The Morgan fingerprint density at radius 2 is 1.68 bits per heavy atom. The topological polar surface area (TPSA) is 104 Å². The maximum absolute atomic E-state index is 13.4. The molecule has 0 aliphatic heterocycles. The van der Waals surface area contributed by atoms with Gasteiger partial charge in [-0.05, 0) is 50.4 Å². The van der Waals surface area contributed by atoms with Gasteiger partial charge in [-0.15, -0.1) is 0 Å². The van der Waals surface area contributed by atoms with Gasteiger partial charge in [0, 0.05) is 11.8 Å². The van der Waals surface area contributed by atoms with Gasteiger partial charge in [0.15, 0.2) is 10.1 Å². The van der Waals surface area contributed by atoms with Crippen LogP contribution in [-0.4, -0.2) is 47.4 Å². The molecule has 0 aromatic carbocycles. The molecule has 4 saturated carbocycles. The first-order valence-electron chi connectivity index (χ1n) is 8.76. The van der Waals surface area contributed by atoms with Crippen molar-refractivity contribution in [1.29, 1.82) is 0 Å². The Balaban J connectivity index is 0.00000280. The van der Waals surface area contributed by atoms with Gasteiger partial charge >= 0.3 is 46.7 Å². The zero-order valence-electron chi connectivity index (χ0n) is 15.4. The molecular formula is C16H21F4NaO6S.